The normalized spacial score (nSPS) is 16.5. The molecule has 4 heterocycles. The second kappa shape index (κ2) is 16.4. The van der Waals surface area contributed by atoms with Gasteiger partial charge in [0.15, 0.2) is 16.0 Å². The number of anilines is 3. The molecular formula is C40H46N6O4S2. The van der Waals surface area contributed by atoms with Crippen molar-refractivity contribution >= 4 is 60.7 Å². The van der Waals surface area contributed by atoms with E-state index in [4.69, 9.17) is 4.74 Å². The number of carbonyl (C=O) groups excluding carboxylic acids is 1. The molecule has 1 fully saturated rings. The predicted molar refractivity (Wildman–Crippen MR) is 211 cm³/mol. The van der Waals surface area contributed by atoms with Crippen molar-refractivity contribution in [3.05, 3.63) is 94.0 Å². The number of nitrogens with zero attached hydrogens (tertiary/aromatic N) is 4. The molecule has 2 aliphatic heterocycles. The van der Waals surface area contributed by atoms with Gasteiger partial charge in [0, 0.05) is 54.9 Å². The Hall–Kier alpha value is -4.52. The zero-order valence-corrected chi connectivity index (χ0v) is 31.4. The number of aromatic nitrogens is 2. The smallest absolute Gasteiger partial charge is 0.355 e. The summed E-state index contributed by atoms with van der Waals surface area (Å²) in [5.74, 6) is 0.305. The van der Waals surface area contributed by atoms with Crippen LogP contribution in [0.25, 0.3) is 10.2 Å². The summed E-state index contributed by atoms with van der Waals surface area (Å²) < 4.78 is 7.10. The number of benzene rings is 3. The molecule has 3 aromatic carbocycles. The van der Waals surface area contributed by atoms with Crippen molar-refractivity contribution in [3.63, 3.8) is 0 Å². The zero-order chi connectivity index (χ0) is 36.0. The maximum absolute atomic E-state index is 13.5. The summed E-state index contributed by atoms with van der Waals surface area (Å²) in [6.07, 6.45) is 5.66. The minimum absolute atomic E-state index is 0.0930. The number of rotatable bonds is 14. The van der Waals surface area contributed by atoms with Crippen LogP contribution in [-0.2, 0) is 19.4 Å². The average Bonchev–Trinajstić information content (AvgIpc) is 3.77. The predicted octanol–water partition coefficient (Wildman–Crippen LogP) is 7.88. The third-order valence-corrected chi connectivity index (χ3v) is 12.1. The van der Waals surface area contributed by atoms with E-state index >= 15 is 0 Å². The molecule has 0 spiro atoms. The molecule has 52 heavy (non-hydrogen) atoms. The van der Waals surface area contributed by atoms with E-state index in [9.17, 15) is 14.7 Å². The molecule has 3 N–H and O–H groups in total. The minimum atomic E-state index is -1.03. The Morgan fingerprint density at radius 2 is 1.88 bits per heavy atom. The molecule has 2 atom stereocenters. The largest absolute Gasteiger partial charge is 0.494 e. The second-order valence-electron chi connectivity index (χ2n) is 13.8. The lowest BCUT2D eigenvalue weighted by atomic mass is 9.94. The zero-order valence-electron chi connectivity index (χ0n) is 29.8. The van der Waals surface area contributed by atoms with E-state index < -0.39 is 5.97 Å². The summed E-state index contributed by atoms with van der Waals surface area (Å²) in [7, 11) is 0. The van der Waals surface area contributed by atoms with Crippen LogP contribution >= 0.6 is 22.7 Å². The van der Waals surface area contributed by atoms with Gasteiger partial charge in [0.25, 0.3) is 5.91 Å². The summed E-state index contributed by atoms with van der Waals surface area (Å²) >= 11 is 2.86. The highest BCUT2D eigenvalue weighted by molar-refractivity contribution is 7.22. The fourth-order valence-electron chi connectivity index (χ4n) is 7.35. The van der Waals surface area contributed by atoms with Gasteiger partial charge >= 0.3 is 5.97 Å². The Bertz CT molecular complexity index is 1980. The highest BCUT2D eigenvalue weighted by Gasteiger charge is 2.27. The lowest BCUT2D eigenvalue weighted by molar-refractivity contribution is 0.0690. The van der Waals surface area contributed by atoms with E-state index in [0.717, 1.165) is 63.9 Å². The van der Waals surface area contributed by atoms with Crippen LogP contribution in [0.5, 0.6) is 5.75 Å². The lowest BCUT2D eigenvalue weighted by Crippen LogP contribution is -2.51. The van der Waals surface area contributed by atoms with Crippen LogP contribution in [0.2, 0.25) is 0 Å². The van der Waals surface area contributed by atoms with Crippen molar-refractivity contribution in [2.24, 2.45) is 5.92 Å². The molecule has 0 aliphatic carbocycles. The third kappa shape index (κ3) is 8.40. The number of thiazole rings is 2. The molecule has 5 aromatic rings. The number of hydrogen-bond acceptors (Lipinski definition) is 10. The molecule has 2 unspecified atom stereocenters. The van der Waals surface area contributed by atoms with Gasteiger partial charge < -0.3 is 25.0 Å². The van der Waals surface area contributed by atoms with Crippen LogP contribution in [-0.4, -0.2) is 65.8 Å². The van der Waals surface area contributed by atoms with Gasteiger partial charge in [-0.05, 0) is 85.2 Å². The van der Waals surface area contributed by atoms with Crippen LogP contribution < -0.4 is 25.2 Å². The molecule has 7 rings (SSSR count). The van der Waals surface area contributed by atoms with Crippen LogP contribution in [0.1, 0.15) is 76.4 Å². The summed E-state index contributed by atoms with van der Waals surface area (Å²) in [5.41, 5.74) is 4.80. The highest BCUT2D eigenvalue weighted by atomic mass is 32.1. The Balaban J connectivity index is 0.946. The number of carbonyl (C=O) groups is 2. The van der Waals surface area contributed by atoms with E-state index in [2.05, 4.69) is 62.4 Å². The number of aryl methyl sites for hydroxylation is 1. The molecule has 0 saturated carbocycles. The molecule has 2 aromatic heterocycles. The van der Waals surface area contributed by atoms with Gasteiger partial charge in [0.2, 0.25) is 0 Å². The van der Waals surface area contributed by atoms with E-state index in [1.165, 1.54) is 47.6 Å². The van der Waals surface area contributed by atoms with Crippen LogP contribution in [0.3, 0.4) is 0 Å². The molecule has 12 heteroatoms. The quantitative estimate of drug-likeness (QED) is 0.0978. The van der Waals surface area contributed by atoms with E-state index in [-0.39, 0.29) is 11.6 Å². The highest BCUT2D eigenvalue weighted by Crippen LogP contribution is 2.34. The summed E-state index contributed by atoms with van der Waals surface area (Å²) in [4.78, 5) is 40.1. The van der Waals surface area contributed by atoms with Gasteiger partial charge in [-0.15, -0.1) is 11.3 Å². The molecular weight excluding hydrogens is 693 g/mol. The topological polar surface area (TPSA) is 120 Å². The monoisotopic (exact) mass is 738 g/mol. The molecule has 1 saturated heterocycles. The second-order valence-corrected chi connectivity index (χ2v) is 15.9. The number of hydrogen-bond donors (Lipinski definition) is 3. The Morgan fingerprint density at radius 1 is 1.04 bits per heavy atom. The van der Waals surface area contributed by atoms with E-state index in [1.54, 1.807) is 0 Å². The van der Waals surface area contributed by atoms with Gasteiger partial charge in [0.05, 0.1) is 16.8 Å². The maximum atomic E-state index is 13.5. The van der Waals surface area contributed by atoms with Crippen molar-refractivity contribution in [3.8, 4) is 5.75 Å². The fourth-order valence-corrected chi connectivity index (χ4v) is 9.33. The number of ether oxygens (including phenoxy) is 1. The summed E-state index contributed by atoms with van der Waals surface area (Å²) in [6.45, 7) is 9.24. The first kappa shape index (κ1) is 35.9. The minimum Gasteiger partial charge on any atom is -0.494 e. The van der Waals surface area contributed by atoms with Crippen molar-refractivity contribution in [2.45, 2.75) is 65.0 Å². The van der Waals surface area contributed by atoms with Gasteiger partial charge in [0.1, 0.15) is 5.75 Å². The number of amides is 1. The Morgan fingerprint density at radius 3 is 2.69 bits per heavy atom. The summed E-state index contributed by atoms with van der Waals surface area (Å²) in [6, 6.07) is 22.5. The molecule has 1 amide bonds. The molecule has 2 aliphatic rings. The van der Waals surface area contributed by atoms with Crippen molar-refractivity contribution in [2.75, 3.05) is 47.9 Å². The van der Waals surface area contributed by atoms with E-state index in [0.29, 0.717) is 54.4 Å². The number of carboxylic acid groups (broad SMARTS) is 1. The Kier molecular flexibility index (Phi) is 11.3. The number of aromatic carboxylic acids is 1. The van der Waals surface area contributed by atoms with Crippen molar-refractivity contribution in [1.82, 2.24) is 15.3 Å². The Labute approximate surface area is 312 Å². The lowest BCUT2D eigenvalue weighted by Gasteiger charge is -2.36. The van der Waals surface area contributed by atoms with Crippen LogP contribution in [0.15, 0.2) is 66.7 Å². The number of piperazine rings is 1. The van der Waals surface area contributed by atoms with Gasteiger partial charge in [-0.3, -0.25) is 10.1 Å². The molecule has 0 radical (unpaired) electrons. The first-order chi connectivity index (χ1) is 25.3. The molecule has 272 valence electrons. The molecule has 0 bridgehead atoms. The number of fused-ring (bicyclic) bond motifs is 2. The van der Waals surface area contributed by atoms with Gasteiger partial charge in [-0.25, -0.2) is 14.8 Å². The van der Waals surface area contributed by atoms with Crippen LogP contribution in [0.4, 0.5) is 16.0 Å². The number of para-hydroxylation sites is 1. The average molecular weight is 739 g/mol. The molecule has 10 nitrogen and oxygen atoms in total. The fraction of sp³-hybridized carbons (Fsp3) is 0.400. The van der Waals surface area contributed by atoms with Crippen molar-refractivity contribution in [1.29, 1.82) is 0 Å². The van der Waals surface area contributed by atoms with Gasteiger partial charge in [-0.1, -0.05) is 62.3 Å². The SMILES string of the molecule is CCCC(C)CC1CN(c2ccc(OCCCc3sc(N4CCc5cccc(C(=O)Nc6nc7ccccc7s6)c5C4)nc3C(=O)O)cc2)CCN1. The maximum Gasteiger partial charge on any atom is 0.355 e. The first-order valence-electron chi connectivity index (χ1n) is 18.3. The summed E-state index contributed by atoms with van der Waals surface area (Å²) in [5, 5.41) is 17.9. The third-order valence-electron chi connectivity index (χ3n) is 9.93. The van der Waals surface area contributed by atoms with Crippen molar-refractivity contribution < 1.29 is 19.4 Å². The number of carboxylic acids is 1. The standard InChI is InChI=1S/C40H46N6O4S2/c1-3-8-26(2)23-28-24-45(21-19-41-28)29-14-16-30(17-15-29)50-22-7-13-35-36(38(48)49)43-40(52-35)46-20-18-27-9-6-10-31(32(27)25-46)37(47)44-39-42-33-11-4-5-12-34(33)51-39/h4-6,9-12,14-17,26,28,41H,3,7-8,13,18-25H2,1-2H3,(H,48,49)(H,42,44,47). The number of nitrogens with one attached hydrogen (secondary N) is 2. The first-order valence-corrected chi connectivity index (χ1v) is 19.9. The van der Waals surface area contributed by atoms with Gasteiger partial charge in [-0.2, -0.15) is 0 Å². The van der Waals surface area contributed by atoms with E-state index in [1.807, 2.05) is 48.5 Å². The van der Waals surface area contributed by atoms with Crippen LogP contribution in [0, 0.1) is 5.92 Å².